The number of aliphatic hydroxyl groups excluding tert-OH is 1. The van der Waals surface area contributed by atoms with Crippen LogP contribution in [0.3, 0.4) is 0 Å². The van der Waals surface area contributed by atoms with Crippen molar-refractivity contribution in [2.45, 2.75) is 150 Å². The maximum Gasteiger partial charge on any atom is 0.408 e. The quantitative estimate of drug-likeness (QED) is 0.211. The summed E-state index contributed by atoms with van der Waals surface area (Å²) in [5.74, 6) is -8.76. The maximum absolute atomic E-state index is 13.1. The fourth-order valence-corrected chi connectivity index (χ4v) is 5.11. The van der Waals surface area contributed by atoms with Crippen molar-refractivity contribution in [2.24, 2.45) is 23.7 Å². The standard InChI is InChI=1S/C19H29F2NO8.C19H31NO9/c1-9(2)15(23)29-14-10(3)28-17(25)12(22-18(26)30-19(4,5)6)8-27-16(24)11(14)7-13(20)21;1-10(2)15(22)28-14-11(3)27-17(24)13(20-18(25)29-19(4,5)6)9-26-16(23)12(14)7-8-21/h9-14H,7-8H2,1-6H3,(H,22,26);10-14,21H,7-9H2,1-6H3,(H,20,25)/t10-,11+,12-,14-;11-,12+,13-,14-/m00/s1. The number of halogens is 2. The fourth-order valence-electron chi connectivity index (χ4n) is 5.11. The lowest BCUT2D eigenvalue weighted by Gasteiger charge is -2.29. The third-order valence-corrected chi connectivity index (χ3v) is 7.98. The Bertz CT molecular complexity index is 1480. The van der Waals surface area contributed by atoms with E-state index < -0.39 is 145 Å². The molecule has 0 aromatic heterocycles. The van der Waals surface area contributed by atoms with E-state index in [9.17, 15) is 52.2 Å². The first-order chi connectivity index (χ1) is 27.1. The van der Waals surface area contributed by atoms with Gasteiger partial charge in [-0.15, -0.1) is 0 Å². The van der Waals surface area contributed by atoms with Gasteiger partial charge in [-0.3, -0.25) is 19.2 Å². The van der Waals surface area contributed by atoms with E-state index in [0.717, 1.165) is 0 Å². The molecule has 0 radical (unpaired) electrons. The van der Waals surface area contributed by atoms with Crippen molar-refractivity contribution in [2.75, 3.05) is 19.8 Å². The molecule has 3 N–H and O–H groups in total. The molecule has 8 atom stereocenters. The number of aliphatic hydroxyl groups is 1. The van der Waals surface area contributed by atoms with Gasteiger partial charge in [-0.2, -0.15) is 0 Å². The number of alkyl carbamates (subject to hydrolysis) is 2. The SMILES string of the molecule is CC(C)C(=O)O[C@H]1[C@H](C)OC(=O)[C@@H](NC(=O)OC(C)(C)C)COC(=O)[C@@H]1CC(F)F.CC(C)C(=O)O[C@H]1[C@H](C)OC(=O)[C@@H](NC(=O)OC(C)(C)C)COC(=O)[C@@H]1CCO. The van der Waals surface area contributed by atoms with Crippen LogP contribution < -0.4 is 10.6 Å². The molecule has 0 aliphatic carbocycles. The molecule has 0 saturated carbocycles. The van der Waals surface area contributed by atoms with E-state index in [2.05, 4.69) is 10.6 Å². The Kier molecular flexibility index (Phi) is 20.4. The molecule has 2 fully saturated rings. The number of cyclic esters (lactones) is 4. The van der Waals surface area contributed by atoms with E-state index >= 15 is 0 Å². The number of amides is 2. The molecule has 19 nitrogen and oxygen atoms in total. The number of carbonyl (C=O) groups is 8. The van der Waals surface area contributed by atoms with Crippen molar-refractivity contribution in [3.63, 3.8) is 0 Å². The Morgan fingerprint density at radius 2 is 1.03 bits per heavy atom. The number of ether oxygens (including phenoxy) is 8. The van der Waals surface area contributed by atoms with Crippen LogP contribution >= 0.6 is 0 Å². The summed E-state index contributed by atoms with van der Waals surface area (Å²) in [6.45, 7) is 17.3. The highest BCUT2D eigenvalue weighted by molar-refractivity contribution is 5.84. The van der Waals surface area contributed by atoms with E-state index in [1.165, 1.54) is 27.7 Å². The summed E-state index contributed by atoms with van der Waals surface area (Å²) < 4.78 is 67.6. The third kappa shape index (κ3) is 18.8. The summed E-state index contributed by atoms with van der Waals surface area (Å²) in [7, 11) is 0. The largest absolute Gasteiger partial charge is 0.463 e. The molecule has 0 bridgehead atoms. The van der Waals surface area contributed by atoms with Crippen molar-refractivity contribution in [1.82, 2.24) is 10.6 Å². The van der Waals surface area contributed by atoms with Gasteiger partial charge in [-0.25, -0.2) is 28.0 Å². The number of rotatable bonds is 10. The van der Waals surface area contributed by atoms with E-state index in [4.69, 9.17) is 37.9 Å². The van der Waals surface area contributed by atoms with E-state index in [0.29, 0.717) is 0 Å². The second kappa shape index (κ2) is 23.1. The van der Waals surface area contributed by atoms with Crippen LogP contribution in [-0.4, -0.2) is 127 Å². The van der Waals surface area contributed by atoms with Crippen LogP contribution in [0.2, 0.25) is 0 Å². The summed E-state index contributed by atoms with van der Waals surface area (Å²) in [6, 6.07) is -2.73. The Morgan fingerprint density at radius 3 is 1.36 bits per heavy atom. The minimum atomic E-state index is -2.90. The molecule has 0 aromatic rings. The Morgan fingerprint density at radius 1 is 0.678 bits per heavy atom. The molecule has 2 aliphatic heterocycles. The first-order valence-corrected chi connectivity index (χ1v) is 19.1. The lowest BCUT2D eigenvalue weighted by Crippen LogP contribution is -2.48. The highest BCUT2D eigenvalue weighted by Gasteiger charge is 2.44. The molecule has 21 heteroatoms. The Balaban J connectivity index is 0.000000590. The first-order valence-electron chi connectivity index (χ1n) is 19.1. The predicted molar refractivity (Wildman–Crippen MR) is 198 cm³/mol. The third-order valence-electron chi connectivity index (χ3n) is 7.98. The molecule has 59 heavy (non-hydrogen) atoms. The zero-order chi connectivity index (χ0) is 45.6. The van der Waals surface area contributed by atoms with Gasteiger partial charge in [0.1, 0.15) is 42.5 Å². The van der Waals surface area contributed by atoms with Crippen molar-refractivity contribution in [1.29, 1.82) is 0 Å². The first kappa shape index (κ1) is 52.2. The average molecular weight is 855 g/mol. The molecule has 2 aliphatic rings. The molecular formula is C38H60F2N2O17. The van der Waals surface area contributed by atoms with Crippen LogP contribution in [0.4, 0.5) is 18.4 Å². The topological polar surface area (TPSA) is 255 Å². The van der Waals surface area contributed by atoms with Gasteiger partial charge < -0.3 is 53.6 Å². The molecule has 2 rings (SSSR count). The molecule has 0 unspecified atom stereocenters. The molecule has 2 heterocycles. The summed E-state index contributed by atoms with van der Waals surface area (Å²) in [5.41, 5.74) is -1.65. The molecule has 0 aromatic carbocycles. The normalized spacial score (nSPS) is 25.7. The number of alkyl halides is 2. The summed E-state index contributed by atoms with van der Waals surface area (Å²) in [6.07, 6.45) is -10.6. The minimum Gasteiger partial charge on any atom is -0.463 e. The molecule has 2 amide bonds. The van der Waals surface area contributed by atoms with Crippen LogP contribution in [-0.2, 0) is 66.7 Å². The van der Waals surface area contributed by atoms with Crippen LogP contribution in [0.1, 0.15) is 95.9 Å². The minimum absolute atomic E-state index is 0.0546. The molecule has 2 saturated heterocycles. The average Bonchev–Trinajstić information content (AvgIpc) is 3.14. The van der Waals surface area contributed by atoms with Crippen LogP contribution in [0.25, 0.3) is 0 Å². The number of carbonyl (C=O) groups excluding carboxylic acids is 8. The monoisotopic (exact) mass is 854 g/mol. The van der Waals surface area contributed by atoms with Crippen LogP contribution in [0.15, 0.2) is 0 Å². The number of esters is 6. The second-order valence-electron chi connectivity index (χ2n) is 16.4. The van der Waals surface area contributed by atoms with E-state index in [1.54, 1.807) is 55.4 Å². The van der Waals surface area contributed by atoms with Gasteiger partial charge in [-0.1, -0.05) is 27.7 Å². The summed E-state index contributed by atoms with van der Waals surface area (Å²) >= 11 is 0. The van der Waals surface area contributed by atoms with E-state index in [-0.39, 0.29) is 13.0 Å². The Labute approximate surface area is 342 Å². The molecule has 338 valence electrons. The van der Waals surface area contributed by atoms with Crippen LogP contribution in [0, 0.1) is 23.7 Å². The number of nitrogens with one attached hydrogen (secondary N) is 2. The van der Waals surface area contributed by atoms with Crippen molar-refractivity contribution in [3.8, 4) is 0 Å². The summed E-state index contributed by atoms with van der Waals surface area (Å²) in [4.78, 5) is 98.0. The lowest BCUT2D eigenvalue weighted by atomic mass is 9.94. The van der Waals surface area contributed by atoms with Gasteiger partial charge in [0.2, 0.25) is 6.43 Å². The Hall–Kier alpha value is -4.82. The number of hydrogen-bond acceptors (Lipinski definition) is 17. The van der Waals surface area contributed by atoms with Crippen LogP contribution in [0.5, 0.6) is 0 Å². The molecular weight excluding hydrogens is 794 g/mol. The zero-order valence-corrected chi connectivity index (χ0v) is 35.6. The highest BCUT2D eigenvalue weighted by atomic mass is 19.3. The summed E-state index contributed by atoms with van der Waals surface area (Å²) in [5, 5.41) is 13.9. The van der Waals surface area contributed by atoms with E-state index in [1.807, 2.05) is 0 Å². The van der Waals surface area contributed by atoms with Crippen molar-refractivity contribution in [3.05, 3.63) is 0 Å². The van der Waals surface area contributed by atoms with Crippen molar-refractivity contribution >= 4 is 48.0 Å². The zero-order valence-electron chi connectivity index (χ0n) is 35.6. The van der Waals surface area contributed by atoms with Gasteiger partial charge >= 0.3 is 48.0 Å². The smallest absolute Gasteiger partial charge is 0.408 e. The number of hydrogen-bond donors (Lipinski definition) is 3. The van der Waals surface area contributed by atoms with Crippen molar-refractivity contribution < 1.29 is 90.1 Å². The highest BCUT2D eigenvalue weighted by Crippen LogP contribution is 2.27. The van der Waals surface area contributed by atoms with Gasteiger partial charge in [0.15, 0.2) is 24.3 Å². The van der Waals surface area contributed by atoms with Gasteiger partial charge in [0.25, 0.3) is 0 Å². The lowest BCUT2D eigenvalue weighted by molar-refractivity contribution is -0.178. The molecule has 0 spiro atoms. The fraction of sp³-hybridized carbons (Fsp3) is 0.789. The van der Waals surface area contributed by atoms with Gasteiger partial charge in [0.05, 0.1) is 17.8 Å². The predicted octanol–water partition coefficient (Wildman–Crippen LogP) is 3.14. The maximum atomic E-state index is 13.1. The van der Waals surface area contributed by atoms with Gasteiger partial charge in [-0.05, 0) is 61.8 Å². The second-order valence-corrected chi connectivity index (χ2v) is 16.4. The van der Waals surface area contributed by atoms with Gasteiger partial charge in [0, 0.05) is 13.0 Å².